The maximum absolute atomic E-state index is 11.9. The number of benzene rings is 2. The van der Waals surface area contributed by atoms with Gasteiger partial charge in [-0.3, -0.25) is 9.59 Å². The van der Waals surface area contributed by atoms with E-state index in [1.54, 1.807) is 12.1 Å². The maximum Gasteiger partial charge on any atom is 0.264 e. The van der Waals surface area contributed by atoms with Gasteiger partial charge in [-0.1, -0.05) is 23.2 Å². The zero-order valence-electron chi connectivity index (χ0n) is 13.5. The molecule has 2 aromatic carbocycles. The molecule has 7 nitrogen and oxygen atoms in total. The zero-order valence-corrected chi connectivity index (χ0v) is 15.8. The molecule has 0 saturated carbocycles. The largest absolute Gasteiger partial charge is 0.482 e. The standard InChI is InChI=1S/C16H14Cl2N2O5S/c1-10(21)20-26(23,24)13-5-3-12(4-6-13)19-16(22)9-25-15-7-2-11(17)8-14(15)18/h2-8H,9H2,1H3,(H,19,22)(H,20,21). The highest BCUT2D eigenvalue weighted by Crippen LogP contribution is 2.27. The number of carbonyl (C=O) groups is 2. The first kappa shape index (κ1) is 20.0. The van der Waals surface area contributed by atoms with Gasteiger partial charge in [-0.2, -0.15) is 0 Å². The van der Waals surface area contributed by atoms with E-state index in [9.17, 15) is 18.0 Å². The molecule has 0 bridgehead atoms. The van der Waals surface area contributed by atoms with Gasteiger partial charge in [0.2, 0.25) is 5.91 Å². The molecule has 0 unspecified atom stereocenters. The summed E-state index contributed by atoms with van der Waals surface area (Å²) in [6, 6.07) is 9.92. The molecule has 0 aromatic heterocycles. The van der Waals surface area contributed by atoms with Crippen LogP contribution in [0.25, 0.3) is 0 Å². The number of rotatable bonds is 6. The Bertz CT molecular complexity index is 930. The van der Waals surface area contributed by atoms with E-state index in [1.165, 1.54) is 30.3 Å². The molecule has 26 heavy (non-hydrogen) atoms. The Morgan fingerprint density at radius 3 is 2.31 bits per heavy atom. The van der Waals surface area contributed by atoms with Crippen LogP contribution in [0.15, 0.2) is 47.4 Å². The predicted molar refractivity (Wildman–Crippen MR) is 98.0 cm³/mol. The highest BCUT2D eigenvalue weighted by Gasteiger charge is 2.15. The second-order valence-electron chi connectivity index (χ2n) is 5.10. The third-order valence-corrected chi connectivity index (χ3v) is 4.96. The van der Waals surface area contributed by atoms with Crippen molar-refractivity contribution >= 4 is 50.7 Å². The third-order valence-electron chi connectivity index (χ3n) is 2.98. The molecule has 0 fully saturated rings. The lowest BCUT2D eigenvalue weighted by atomic mass is 10.3. The second kappa shape index (κ2) is 8.39. The summed E-state index contributed by atoms with van der Waals surface area (Å²) in [5.41, 5.74) is 0.363. The fourth-order valence-electron chi connectivity index (χ4n) is 1.90. The fraction of sp³-hybridized carbons (Fsp3) is 0.125. The van der Waals surface area contributed by atoms with Crippen LogP contribution in [0.2, 0.25) is 10.0 Å². The minimum absolute atomic E-state index is 0.102. The molecular weight excluding hydrogens is 403 g/mol. The topological polar surface area (TPSA) is 102 Å². The Kier molecular flexibility index (Phi) is 6.47. The minimum atomic E-state index is -3.92. The van der Waals surface area contributed by atoms with E-state index >= 15 is 0 Å². The quantitative estimate of drug-likeness (QED) is 0.753. The SMILES string of the molecule is CC(=O)NS(=O)(=O)c1ccc(NC(=O)COc2ccc(Cl)cc2Cl)cc1. The van der Waals surface area contributed by atoms with Crippen LogP contribution in [-0.2, 0) is 19.6 Å². The smallest absolute Gasteiger partial charge is 0.264 e. The third kappa shape index (κ3) is 5.62. The number of hydrogen-bond acceptors (Lipinski definition) is 5. The maximum atomic E-state index is 11.9. The van der Waals surface area contributed by atoms with E-state index in [4.69, 9.17) is 27.9 Å². The fourth-order valence-corrected chi connectivity index (χ4v) is 3.35. The van der Waals surface area contributed by atoms with Crippen molar-refractivity contribution in [3.8, 4) is 5.75 Å². The van der Waals surface area contributed by atoms with Gasteiger partial charge in [0.05, 0.1) is 9.92 Å². The molecule has 0 atom stereocenters. The number of nitrogens with one attached hydrogen (secondary N) is 2. The van der Waals surface area contributed by atoms with Crippen LogP contribution >= 0.6 is 23.2 Å². The van der Waals surface area contributed by atoms with Crippen molar-refractivity contribution in [3.05, 3.63) is 52.5 Å². The number of anilines is 1. The van der Waals surface area contributed by atoms with Gasteiger partial charge in [0.15, 0.2) is 6.61 Å². The summed E-state index contributed by atoms with van der Waals surface area (Å²) in [6.07, 6.45) is 0. The van der Waals surface area contributed by atoms with Crippen molar-refractivity contribution in [2.45, 2.75) is 11.8 Å². The lowest BCUT2D eigenvalue weighted by Crippen LogP contribution is -2.28. The molecule has 0 aliphatic heterocycles. The van der Waals surface area contributed by atoms with Gasteiger partial charge in [-0.15, -0.1) is 0 Å². The molecule has 2 N–H and O–H groups in total. The first-order chi connectivity index (χ1) is 12.2. The predicted octanol–water partition coefficient (Wildman–Crippen LogP) is 2.84. The number of amides is 2. The number of sulfonamides is 1. The van der Waals surface area contributed by atoms with Crippen LogP contribution in [0.4, 0.5) is 5.69 Å². The van der Waals surface area contributed by atoms with Crippen molar-refractivity contribution in [1.82, 2.24) is 4.72 Å². The van der Waals surface area contributed by atoms with Crippen molar-refractivity contribution in [2.24, 2.45) is 0 Å². The van der Waals surface area contributed by atoms with E-state index in [1.807, 2.05) is 4.72 Å². The van der Waals surface area contributed by atoms with E-state index in [0.29, 0.717) is 16.5 Å². The molecular formula is C16H14Cl2N2O5S. The van der Waals surface area contributed by atoms with Crippen molar-refractivity contribution in [3.63, 3.8) is 0 Å². The highest BCUT2D eigenvalue weighted by molar-refractivity contribution is 7.90. The zero-order chi connectivity index (χ0) is 19.3. The molecule has 0 heterocycles. The van der Waals surface area contributed by atoms with Gasteiger partial charge in [-0.05, 0) is 42.5 Å². The van der Waals surface area contributed by atoms with Crippen molar-refractivity contribution < 1.29 is 22.7 Å². The highest BCUT2D eigenvalue weighted by atomic mass is 35.5. The normalized spacial score (nSPS) is 10.9. The molecule has 2 aromatic rings. The van der Waals surface area contributed by atoms with Crippen LogP contribution in [0.5, 0.6) is 5.75 Å². The van der Waals surface area contributed by atoms with Crippen molar-refractivity contribution in [1.29, 1.82) is 0 Å². The molecule has 10 heteroatoms. The number of carbonyl (C=O) groups excluding carboxylic acids is 2. The summed E-state index contributed by atoms with van der Waals surface area (Å²) in [6.45, 7) is 0.798. The summed E-state index contributed by atoms with van der Waals surface area (Å²) >= 11 is 11.7. The Hall–Kier alpha value is -2.29. The first-order valence-corrected chi connectivity index (χ1v) is 9.42. The average molecular weight is 417 g/mol. The first-order valence-electron chi connectivity index (χ1n) is 7.18. The Morgan fingerprint density at radius 1 is 1.08 bits per heavy atom. The van der Waals surface area contributed by atoms with Gasteiger partial charge < -0.3 is 10.1 Å². The molecule has 0 aliphatic carbocycles. The number of ether oxygens (including phenoxy) is 1. The Morgan fingerprint density at radius 2 is 1.73 bits per heavy atom. The van der Waals surface area contributed by atoms with E-state index in [2.05, 4.69) is 5.32 Å². The lowest BCUT2D eigenvalue weighted by molar-refractivity contribution is -0.118. The Balaban J connectivity index is 1.96. The van der Waals surface area contributed by atoms with Crippen LogP contribution in [0, 0.1) is 0 Å². The van der Waals surface area contributed by atoms with E-state index in [-0.39, 0.29) is 16.5 Å². The molecule has 0 saturated heterocycles. The van der Waals surface area contributed by atoms with Gasteiger partial charge in [-0.25, -0.2) is 13.1 Å². The molecule has 0 spiro atoms. The summed E-state index contributed by atoms with van der Waals surface area (Å²) in [4.78, 5) is 22.7. The van der Waals surface area contributed by atoms with Crippen LogP contribution in [0.3, 0.4) is 0 Å². The van der Waals surface area contributed by atoms with Crippen LogP contribution in [0.1, 0.15) is 6.92 Å². The summed E-state index contributed by atoms with van der Waals surface area (Å²) < 4.78 is 30.8. The van der Waals surface area contributed by atoms with Gasteiger partial charge in [0, 0.05) is 17.6 Å². The molecule has 0 aliphatic rings. The summed E-state index contributed by atoms with van der Waals surface area (Å²) in [5, 5.41) is 3.27. The molecule has 2 rings (SSSR count). The molecule has 0 radical (unpaired) electrons. The number of halogens is 2. The number of hydrogen-bond donors (Lipinski definition) is 2. The van der Waals surface area contributed by atoms with Crippen molar-refractivity contribution in [2.75, 3.05) is 11.9 Å². The molecule has 138 valence electrons. The van der Waals surface area contributed by atoms with Gasteiger partial charge >= 0.3 is 0 Å². The molecule has 2 amide bonds. The summed E-state index contributed by atoms with van der Waals surface area (Å²) in [7, 11) is -3.92. The Labute approximate surface area is 160 Å². The van der Waals surface area contributed by atoms with Gasteiger partial charge in [0.1, 0.15) is 5.75 Å². The van der Waals surface area contributed by atoms with E-state index < -0.39 is 21.8 Å². The van der Waals surface area contributed by atoms with Crippen LogP contribution < -0.4 is 14.8 Å². The van der Waals surface area contributed by atoms with Gasteiger partial charge in [0.25, 0.3) is 15.9 Å². The van der Waals surface area contributed by atoms with Crippen LogP contribution in [-0.4, -0.2) is 26.8 Å². The summed E-state index contributed by atoms with van der Waals surface area (Å²) in [5.74, 6) is -0.850. The van der Waals surface area contributed by atoms with E-state index in [0.717, 1.165) is 6.92 Å². The lowest BCUT2D eigenvalue weighted by Gasteiger charge is -2.10. The minimum Gasteiger partial charge on any atom is -0.482 e. The average Bonchev–Trinajstić information content (AvgIpc) is 2.53. The monoisotopic (exact) mass is 416 g/mol. The second-order valence-corrected chi connectivity index (χ2v) is 7.62.